The molecule has 0 bridgehead atoms. The summed E-state index contributed by atoms with van der Waals surface area (Å²) in [5.41, 5.74) is 4.68. The van der Waals surface area contributed by atoms with Gasteiger partial charge in [-0.25, -0.2) is 4.79 Å². The summed E-state index contributed by atoms with van der Waals surface area (Å²) in [4.78, 5) is 24.2. The molecule has 0 fully saturated rings. The minimum atomic E-state index is -0.437. The quantitative estimate of drug-likeness (QED) is 0.697. The third-order valence-corrected chi connectivity index (χ3v) is 4.41. The summed E-state index contributed by atoms with van der Waals surface area (Å²) in [5, 5.41) is 3.81. The highest BCUT2D eigenvalue weighted by Gasteiger charge is 2.13. The van der Waals surface area contributed by atoms with Gasteiger partial charge in [-0.1, -0.05) is 25.1 Å². The number of carbonyl (C=O) groups is 2. The first-order valence-corrected chi connectivity index (χ1v) is 8.49. The Bertz CT molecular complexity index is 971. The molecule has 0 atom stereocenters. The van der Waals surface area contributed by atoms with E-state index in [9.17, 15) is 9.59 Å². The van der Waals surface area contributed by atoms with E-state index >= 15 is 0 Å². The minimum absolute atomic E-state index is 0.169. The Morgan fingerprint density at radius 3 is 2.69 bits per heavy atom. The van der Waals surface area contributed by atoms with E-state index in [0.29, 0.717) is 11.3 Å². The van der Waals surface area contributed by atoms with Crippen molar-refractivity contribution in [2.75, 3.05) is 12.4 Å². The van der Waals surface area contributed by atoms with E-state index in [1.165, 1.54) is 12.7 Å². The SMILES string of the molecule is CCc1ccc2c(CC(=O)Nc3cc(C(=O)OC)ccc3C)coc2c1. The number of fused-ring (bicyclic) bond motifs is 1. The molecule has 2 aromatic carbocycles. The van der Waals surface area contributed by atoms with Crippen LogP contribution in [0.5, 0.6) is 0 Å². The number of amides is 1. The van der Waals surface area contributed by atoms with Crippen LogP contribution in [0.4, 0.5) is 5.69 Å². The van der Waals surface area contributed by atoms with Gasteiger partial charge in [0.05, 0.1) is 25.4 Å². The summed E-state index contributed by atoms with van der Waals surface area (Å²) in [7, 11) is 1.33. The molecule has 0 aliphatic carbocycles. The molecule has 0 radical (unpaired) electrons. The van der Waals surface area contributed by atoms with Crippen LogP contribution in [0, 0.1) is 6.92 Å². The molecule has 3 aromatic rings. The van der Waals surface area contributed by atoms with Gasteiger partial charge < -0.3 is 14.5 Å². The molecular formula is C21H21NO4. The molecule has 0 unspecified atom stereocenters. The Kier molecular flexibility index (Phi) is 5.07. The zero-order chi connectivity index (χ0) is 18.7. The fourth-order valence-corrected chi connectivity index (χ4v) is 2.85. The zero-order valence-corrected chi connectivity index (χ0v) is 15.1. The number of carbonyl (C=O) groups excluding carboxylic acids is 2. The molecule has 0 spiro atoms. The largest absolute Gasteiger partial charge is 0.465 e. The topological polar surface area (TPSA) is 68.5 Å². The van der Waals surface area contributed by atoms with Crippen LogP contribution in [0.3, 0.4) is 0 Å². The van der Waals surface area contributed by atoms with E-state index < -0.39 is 5.97 Å². The molecule has 3 rings (SSSR count). The van der Waals surface area contributed by atoms with Gasteiger partial charge in [-0.3, -0.25) is 4.79 Å². The van der Waals surface area contributed by atoms with Crippen molar-refractivity contribution in [3.05, 3.63) is 64.9 Å². The van der Waals surface area contributed by atoms with Gasteiger partial charge in [0.2, 0.25) is 5.91 Å². The molecule has 1 heterocycles. The van der Waals surface area contributed by atoms with Crippen molar-refractivity contribution in [1.82, 2.24) is 0 Å². The lowest BCUT2D eigenvalue weighted by Gasteiger charge is -2.10. The van der Waals surface area contributed by atoms with Crippen molar-refractivity contribution in [3.63, 3.8) is 0 Å². The van der Waals surface area contributed by atoms with E-state index in [2.05, 4.69) is 12.2 Å². The molecule has 5 heteroatoms. The van der Waals surface area contributed by atoms with Crippen molar-refractivity contribution in [3.8, 4) is 0 Å². The molecule has 0 aliphatic heterocycles. The Morgan fingerprint density at radius 2 is 1.96 bits per heavy atom. The lowest BCUT2D eigenvalue weighted by Crippen LogP contribution is -2.15. The predicted molar refractivity (Wildman–Crippen MR) is 100 cm³/mol. The van der Waals surface area contributed by atoms with Crippen molar-refractivity contribution < 1.29 is 18.7 Å². The van der Waals surface area contributed by atoms with E-state index in [0.717, 1.165) is 28.5 Å². The summed E-state index contributed by atoms with van der Waals surface area (Å²) in [6.45, 7) is 3.96. The zero-order valence-electron chi connectivity index (χ0n) is 15.1. The third-order valence-electron chi connectivity index (χ3n) is 4.41. The van der Waals surface area contributed by atoms with Gasteiger partial charge in [-0.15, -0.1) is 0 Å². The molecule has 134 valence electrons. The summed E-state index contributed by atoms with van der Waals surface area (Å²) in [5.74, 6) is -0.606. The molecule has 0 aliphatic rings. The summed E-state index contributed by atoms with van der Waals surface area (Å²) < 4.78 is 10.3. The maximum Gasteiger partial charge on any atom is 0.337 e. The smallest absolute Gasteiger partial charge is 0.337 e. The average Bonchev–Trinajstić information content (AvgIpc) is 3.04. The first-order valence-electron chi connectivity index (χ1n) is 8.49. The van der Waals surface area contributed by atoms with Crippen LogP contribution in [0.2, 0.25) is 0 Å². The summed E-state index contributed by atoms with van der Waals surface area (Å²) in [6.07, 6.45) is 2.75. The fourth-order valence-electron chi connectivity index (χ4n) is 2.85. The number of ether oxygens (including phenoxy) is 1. The molecular weight excluding hydrogens is 330 g/mol. The second-order valence-electron chi connectivity index (χ2n) is 6.19. The molecule has 1 amide bonds. The Labute approximate surface area is 152 Å². The predicted octanol–water partition coefficient (Wildman–Crippen LogP) is 4.27. The molecule has 0 saturated carbocycles. The number of esters is 1. The highest BCUT2D eigenvalue weighted by molar-refractivity contribution is 5.97. The van der Waals surface area contributed by atoms with Gasteiger partial charge in [0, 0.05) is 16.6 Å². The first kappa shape index (κ1) is 17.7. The van der Waals surface area contributed by atoms with Crippen molar-refractivity contribution >= 4 is 28.5 Å². The van der Waals surface area contributed by atoms with Crippen LogP contribution in [0.1, 0.15) is 34.0 Å². The lowest BCUT2D eigenvalue weighted by molar-refractivity contribution is -0.115. The first-order chi connectivity index (χ1) is 12.5. The monoisotopic (exact) mass is 351 g/mol. The van der Waals surface area contributed by atoms with E-state index in [1.54, 1.807) is 24.5 Å². The van der Waals surface area contributed by atoms with Gasteiger partial charge in [0.25, 0.3) is 0 Å². The molecule has 26 heavy (non-hydrogen) atoms. The van der Waals surface area contributed by atoms with Gasteiger partial charge in [-0.2, -0.15) is 0 Å². The van der Waals surface area contributed by atoms with Crippen molar-refractivity contribution in [1.29, 1.82) is 0 Å². The van der Waals surface area contributed by atoms with Gasteiger partial charge >= 0.3 is 5.97 Å². The van der Waals surface area contributed by atoms with Gasteiger partial charge in [-0.05, 0) is 42.7 Å². The summed E-state index contributed by atoms with van der Waals surface area (Å²) >= 11 is 0. The van der Waals surface area contributed by atoms with Crippen LogP contribution < -0.4 is 5.32 Å². The second kappa shape index (κ2) is 7.44. The number of hydrogen-bond acceptors (Lipinski definition) is 4. The number of methoxy groups -OCH3 is 1. The van der Waals surface area contributed by atoms with Crippen molar-refractivity contribution in [2.24, 2.45) is 0 Å². The van der Waals surface area contributed by atoms with Crippen LogP contribution in [-0.4, -0.2) is 19.0 Å². The molecule has 5 nitrogen and oxygen atoms in total. The number of anilines is 1. The minimum Gasteiger partial charge on any atom is -0.465 e. The van der Waals surface area contributed by atoms with E-state index in [-0.39, 0.29) is 12.3 Å². The van der Waals surface area contributed by atoms with Crippen LogP contribution in [0.25, 0.3) is 11.0 Å². The normalized spacial score (nSPS) is 10.7. The lowest BCUT2D eigenvalue weighted by atomic mass is 10.1. The fraction of sp³-hybridized carbons (Fsp3) is 0.238. The van der Waals surface area contributed by atoms with Gasteiger partial charge in [0.1, 0.15) is 5.58 Å². The number of furan rings is 1. The molecule has 0 saturated heterocycles. The van der Waals surface area contributed by atoms with Crippen LogP contribution >= 0.6 is 0 Å². The number of benzene rings is 2. The van der Waals surface area contributed by atoms with Crippen LogP contribution in [0.15, 0.2) is 47.1 Å². The Hall–Kier alpha value is -3.08. The third kappa shape index (κ3) is 3.61. The summed E-state index contributed by atoms with van der Waals surface area (Å²) in [6, 6.07) is 11.1. The van der Waals surface area contributed by atoms with Crippen molar-refractivity contribution in [2.45, 2.75) is 26.7 Å². The Balaban J connectivity index is 1.78. The van der Waals surface area contributed by atoms with E-state index in [1.807, 2.05) is 25.1 Å². The standard InChI is InChI=1S/C21H21NO4/c1-4-14-6-8-17-16(12-26-19(17)9-14)11-20(23)22-18-10-15(21(24)25-3)7-5-13(18)2/h5-10,12H,4,11H2,1-3H3,(H,22,23). The number of rotatable bonds is 5. The number of aryl methyl sites for hydroxylation is 2. The van der Waals surface area contributed by atoms with Crippen LogP contribution in [-0.2, 0) is 22.4 Å². The highest BCUT2D eigenvalue weighted by atomic mass is 16.5. The molecule has 1 aromatic heterocycles. The Morgan fingerprint density at radius 1 is 1.15 bits per heavy atom. The maximum atomic E-state index is 12.5. The number of hydrogen-bond donors (Lipinski definition) is 1. The average molecular weight is 351 g/mol. The second-order valence-corrected chi connectivity index (χ2v) is 6.19. The number of nitrogens with one attached hydrogen (secondary N) is 1. The highest BCUT2D eigenvalue weighted by Crippen LogP contribution is 2.24. The van der Waals surface area contributed by atoms with E-state index in [4.69, 9.17) is 9.15 Å². The van der Waals surface area contributed by atoms with Gasteiger partial charge in [0.15, 0.2) is 0 Å². The molecule has 1 N–H and O–H groups in total. The maximum absolute atomic E-state index is 12.5.